The van der Waals surface area contributed by atoms with Crippen LogP contribution in [0.15, 0.2) is 22.7 Å². The van der Waals surface area contributed by atoms with Gasteiger partial charge in [-0.1, -0.05) is 22.0 Å². The van der Waals surface area contributed by atoms with Crippen LogP contribution in [0.5, 0.6) is 0 Å². The molecule has 1 unspecified atom stereocenters. The Hall–Kier alpha value is -1.60. The number of amides is 2. The lowest BCUT2D eigenvalue weighted by atomic mass is 9.93. The number of carbonyl (C=O) groups excluding carboxylic acids is 2. The number of carbonyl (C=O) groups is 2. The van der Waals surface area contributed by atoms with Crippen LogP contribution in [0.2, 0.25) is 0 Å². The van der Waals surface area contributed by atoms with Crippen LogP contribution >= 0.6 is 15.9 Å². The van der Waals surface area contributed by atoms with Crippen LogP contribution < -0.4 is 15.5 Å². The molecule has 24 heavy (non-hydrogen) atoms. The van der Waals surface area contributed by atoms with Gasteiger partial charge in [0.1, 0.15) is 11.1 Å². The molecule has 0 saturated heterocycles. The molecule has 1 aromatic rings. The van der Waals surface area contributed by atoms with Crippen molar-refractivity contribution in [3.05, 3.63) is 28.2 Å². The molecule has 132 valence electrons. The second-order valence-corrected chi connectivity index (χ2v) is 7.92. The van der Waals surface area contributed by atoms with E-state index in [0.29, 0.717) is 13.1 Å². The second-order valence-electron chi connectivity index (χ2n) is 7.01. The van der Waals surface area contributed by atoms with Crippen molar-refractivity contribution in [3.8, 4) is 0 Å². The van der Waals surface area contributed by atoms with Gasteiger partial charge in [0.25, 0.3) is 5.91 Å². The number of benzene rings is 1. The highest BCUT2D eigenvalue weighted by atomic mass is 79.9. The Labute approximate surface area is 151 Å². The molecule has 1 atom stereocenters. The Balaban J connectivity index is 1.98. The molecule has 0 aromatic heterocycles. The van der Waals surface area contributed by atoms with Crippen LogP contribution in [0.25, 0.3) is 0 Å². The summed E-state index contributed by atoms with van der Waals surface area (Å²) in [6.07, 6.45) is -0.464. The SMILES string of the molecule is CN1C(=O)C(C)(NCCNC(=O)OC(C)(C)C)c2ccc(Br)cc21. The predicted octanol–water partition coefficient (Wildman–Crippen LogP) is 2.76. The minimum Gasteiger partial charge on any atom is -0.444 e. The number of nitrogens with zero attached hydrogens (tertiary/aromatic N) is 1. The van der Waals surface area contributed by atoms with Crippen molar-refractivity contribution in [3.63, 3.8) is 0 Å². The minimum atomic E-state index is -0.805. The lowest BCUT2D eigenvalue weighted by Gasteiger charge is -2.25. The van der Waals surface area contributed by atoms with Crippen molar-refractivity contribution >= 4 is 33.6 Å². The number of fused-ring (bicyclic) bond motifs is 1. The van der Waals surface area contributed by atoms with Crippen molar-refractivity contribution in [1.29, 1.82) is 0 Å². The van der Waals surface area contributed by atoms with E-state index in [9.17, 15) is 9.59 Å². The van der Waals surface area contributed by atoms with Gasteiger partial charge in [0.05, 0.1) is 5.69 Å². The quantitative estimate of drug-likeness (QED) is 0.766. The Bertz CT molecular complexity index is 657. The van der Waals surface area contributed by atoms with Crippen molar-refractivity contribution < 1.29 is 14.3 Å². The van der Waals surface area contributed by atoms with Gasteiger partial charge < -0.3 is 15.0 Å². The van der Waals surface area contributed by atoms with E-state index in [-0.39, 0.29) is 5.91 Å². The van der Waals surface area contributed by atoms with E-state index in [1.54, 1.807) is 11.9 Å². The predicted molar refractivity (Wildman–Crippen MR) is 97.1 cm³/mol. The summed E-state index contributed by atoms with van der Waals surface area (Å²) in [5, 5.41) is 5.94. The van der Waals surface area contributed by atoms with Crippen LogP contribution in [0.4, 0.5) is 10.5 Å². The van der Waals surface area contributed by atoms with Crippen LogP contribution in [-0.2, 0) is 15.1 Å². The van der Waals surface area contributed by atoms with E-state index < -0.39 is 17.2 Å². The molecular weight excluding hydrogens is 374 g/mol. The average molecular weight is 398 g/mol. The van der Waals surface area contributed by atoms with Crippen molar-refractivity contribution in [1.82, 2.24) is 10.6 Å². The first-order valence-electron chi connectivity index (χ1n) is 7.85. The number of rotatable bonds is 4. The molecule has 0 bridgehead atoms. The van der Waals surface area contributed by atoms with Gasteiger partial charge in [-0.15, -0.1) is 0 Å². The highest BCUT2D eigenvalue weighted by Gasteiger charge is 2.45. The van der Waals surface area contributed by atoms with E-state index in [0.717, 1.165) is 15.7 Å². The zero-order valence-corrected chi connectivity index (χ0v) is 16.3. The third-order valence-electron chi connectivity index (χ3n) is 3.86. The van der Waals surface area contributed by atoms with Crippen LogP contribution in [0, 0.1) is 0 Å². The van der Waals surface area contributed by atoms with Crippen molar-refractivity contribution in [2.24, 2.45) is 0 Å². The lowest BCUT2D eigenvalue weighted by Crippen LogP contribution is -2.50. The van der Waals surface area contributed by atoms with E-state index in [2.05, 4.69) is 26.6 Å². The number of hydrogen-bond donors (Lipinski definition) is 2. The summed E-state index contributed by atoms with van der Waals surface area (Å²) in [6, 6.07) is 5.79. The Kier molecular flexibility index (Phi) is 5.25. The third-order valence-corrected chi connectivity index (χ3v) is 4.36. The molecule has 1 aromatic carbocycles. The number of ether oxygens (including phenoxy) is 1. The summed E-state index contributed by atoms with van der Waals surface area (Å²) in [5.74, 6) is -0.0205. The molecule has 2 N–H and O–H groups in total. The summed E-state index contributed by atoms with van der Waals surface area (Å²) in [4.78, 5) is 25.9. The minimum absolute atomic E-state index is 0.0205. The topological polar surface area (TPSA) is 70.7 Å². The van der Waals surface area contributed by atoms with Gasteiger partial charge in [-0.05, 0) is 39.8 Å². The molecule has 6 nitrogen and oxygen atoms in total. The maximum atomic E-state index is 12.6. The number of alkyl carbamates (subject to hydrolysis) is 1. The summed E-state index contributed by atoms with van der Waals surface area (Å²) in [5.41, 5.74) is 0.473. The first-order valence-corrected chi connectivity index (χ1v) is 8.64. The maximum Gasteiger partial charge on any atom is 0.407 e. The molecule has 0 spiro atoms. The summed E-state index contributed by atoms with van der Waals surface area (Å²) >= 11 is 3.43. The zero-order chi connectivity index (χ0) is 18.1. The molecule has 1 heterocycles. The Morgan fingerprint density at radius 1 is 1.33 bits per heavy atom. The molecule has 1 aliphatic heterocycles. The Morgan fingerprint density at radius 2 is 2.00 bits per heavy atom. The van der Waals surface area contributed by atoms with Crippen molar-refractivity contribution in [2.75, 3.05) is 25.0 Å². The van der Waals surface area contributed by atoms with E-state index in [4.69, 9.17) is 4.74 Å². The molecule has 0 aliphatic carbocycles. The number of nitrogens with one attached hydrogen (secondary N) is 2. The van der Waals surface area contributed by atoms with E-state index >= 15 is 0 Å². The molecule has 0 saturated carbocycles. The van der Waals surface area contributed by atoms with Crippen LogP contribution in [0.3, 0.4) is 0 Å². The number of halogens is 1. The summed E-state index contributed by atoms with van der Waals surface area (Å²) < 4.78 is 6.11. The van der Waals surface area contributed by atoms with Gasteiger partial charge >= 0.3 is 6.09 Å². The first kappa shape index (κ1) is 18.7. The van der Waals surface area contributed by atoms with Gasteiger partial charge in [0, 0.05) is 30.2 Å². The molecule has 0 radical (unpaired) electrons. The van der Waals surface area contributed by atoms with Gasteiger partial charge in [-0.25, -0.2) is 4.79 Å². The highest BCUT2D eigenvalue weighted by Crippen LogP contribution is 2.40. The maximum absolute atomic E-state index is 12.6. The highest BCUT2D eigenvalue weighted by molar-refractivity contribution is 9.10. The first-order chi connectivity index (χ1) is 11.0. The Morgan fingerprint density at radius 3 is 2.62 bits per heavy atom. The van der Waals surface area contributed by atoms with E-state index in [1.807, 2.05) is 45.9 Å². The van der Waals surface area contributed by atoms with Gasteiger partial charge in [0.2, 0.25) is 0 Å². The van der Waals surface area contributed by atoms with Crippen LogP contribution in [-0.4, -0.2) is 37.7 Å². The number of likely N-dealkylation sites (N-methyl/N-ethyl adjacent to an activating group) is 1. The monoisotopic (exact) mass is 397 g/mol. The lowest BCUT2D eigenvalue weighted by molar-refractivity contribution is -0.123. The van der Waals surface area contributed by atoms with Gasteiger partial charge in [-0.3, -0.25) is 10.1 Å². The third kappa shape index (κ3) is 3.89. The summed E-state index contributed by atoms with van der Waals surface area (Å²) in [7, 11) is 1.76. The zero-order valence-electron chi connectivity index (χ0n) is 14.7. The van der Waals surface area contributed by atoms with Gasteiger partial charge in [0.15, 0.2) is 0 Å². The molecule has 0 fully saturated rings. The molecule has 2 amide bonds. The normalized spacial score (nSPS) is 20.1. The smallest absolute Gasteiger partial charge is 0.407 e. The average Bonchev–Trinajstić information content (AvgIpc) is 2.64. The standard InChI is InChI=1S/C17H24BrN3O3/c1-16(2,3)24-15(23)19-8-9-20-17(4)12-7-6-11(18)10-13(12)21(5)14(17)22/h6-7,10,20H,8-9H2,1-5H3,(H,19,23). The fourth-order valence-electron chi connectivity index (χ4n) is 2.73. The number of hydrogen-bond acceptors (Lipinski definition) is 4. The summed E-state index contributed by atoms with van der Waals surface area (Å²) in [6.45, 7) is 8.12. The van der Waals surface area contributed by atoms with Crippen LogP contribution in [0.1, 0.15) is 33.3 Å². The van der Waals surface area contributed by atoms with Gasteiger partial charge in [-0.2, -0.15) is 0 Å². The molecule has 1 aliphatic rings. The second kappa shape index (κ2) is 6.72. The van der Waals surface area contributed by atoms with Crippen molar-refractivity contribution in [2.45, 2.75) is 38.8 Å². The fraction of sp³-hybridized carbons (Fsp3) is 0.529. The fourth-order valence-corrected chi connectivity index (χ4v) is 3.08. The number of anilines is 1. The largest absolute Gasteiger partial charge is 0.444 e. The molecule has 7 heteroatoms. The molecular formula is C17H24BrN3O3. The molecule has 2 rings (SSSR count). The van der Waals surface area contributed by atoms with E-state index in [1.165, 1.54) is 0 Å².